The molecule has 1 aromatic rings. The summed E-state index contributed by atoms with van der Waals surface area (Å²) in [6.07, 6.45) is 1.17. The van der Waals surface area contributed by atoms with E-state index in [9.17, 15) is 0 Å². The molecular weight excluding hydrogens is 184 g/mol. The second-order valence-electron chi connectivity index (χ2n) is 4.70. The minimum Gasteiger partial charge on any atom is -0.384 e. The maximum absolute atomic E-state index is 5.15. The van der Waals surface area contributed by atoms with Crippen molar-refractivity contribution >= 4 is 0 Å². The number of hydrogen-bond acceptors (Lipinski definition) is 1. The molecular formula is C14H22O. The van der Waals surface area contributed by atoms with E-state index in [-0.39, 0.29) is 0 Å². The van der Waals surface area contributed by atoms with E-state index in [0.29, 0.717) is 5.92 Å². The average molecular weight is 206 g/mol. The van der Waals surface area contributed by atoms with Crippen LogP contribution in [0.3, 0.4) is 0 Å². The van der Waals surface area contributed by atoms with Gasteiger partial charge in [-0.25, -0.2) is 0 Å². The Morgan fingerprint density at radius 3 is 2.13 bits per heavy atom. The quantitative estimate of drug-likeness (QED) is 0.714. The van der Waals surface area contributed by atoms with Gasteiger partial charge in [-0.15, -0.1) is 0 Å². The molecule has 0 saturated carbocycles. The number of benzene rings is 1. The lowest BCUT2D eigenvalue weighted by atomic mass is 9.97. The van der Waals surface area contributed by atoms with Gasteiger partial charge in [-0.1, -0.05) is 45.0 Å². The molecule has 0 heterocycles. The summed E-state index contributed by atoms with van der Waals surface area (Å²) >= 11 is 0. The molecule has 1 nitrogen and oxygen atoms in total. The molecule has 0 radical (unpaired) electrons. The first-order valence-electron chi connectivity index (χ1n) is 5.71. The van der Waals surface area contributed by atoms with Gasteiger partial charge in [0.2, 0.25) is 0 Å². The van der Waals surface area contributed by atoms with E-state index >= 15 is 0 Å². The van der Waals surface area contributed by atoms with Crippen molar-refractivity contribution in [3.05, 3.63) is 35.4 Å². The van der Waals surface area contributed by atoms with E-state index in [1.165, 1.54) is 17.5 Å². The van der Waals surface area contributed by atoms with Gasteiger partial charge in [-0.05, 0) is 23.5 Å². The summed E-state index contributed by atoms with van der Waals surface area (Å²) in [5.74, 6) is 1.22. The van der Waals surface area contributed by atoms with Gasteiger partial charge < -0.3 is 4.74 Å². The molecule has 0 bridgehead atoms. The van der Waals surface area contributed by atoms with Crippen LogP contribution in [0, 0.1) is 5.92 Å². The lowest BCUT2D eigenvalue weighted by Gasteiger charge is -2.11. The largest absolute Gasteiger partial charge is 0.384 e. The van der Waals surface area contributed by atoms with Crippen LogP contribution in [0.5, 0.6) is 0 Å². The fourth-order valence-corrected chi connectivity index (χ4v) is 1.80. The van der Waals surface area contributed by atoms with Crippen LogP contribution in [0.1, 0.15) is 37.8 Å². The molecule has 1 atom stereocenters. The number of ether oxygens (including phenoxy) is 1. The van der Waals surface area contributed by atoms with Crippen LogP contribution >= 0.6 is 0 Å². The first-order chi connectivity index (χ1) is 7.13. The molecule has 0 aliphatic rings. The van der Waals surface area contributed by atoms with E-state index < -0.39 is 0 Å². The summed E-state index contributed by atoms with van der Waals surface area (Å²) < 4.78 is 5.15. The average Bonchev–Trinajstić information content (AvgIpc) is 2.18. The number of rotatable bonds is 5. The zero-order valence-electron chi connectivity index (χ0n) is 10.3. The Morgan fingerprint density at radius 2 is 1.67 bits per heavy atom. The molecule has 1 heteroatoms. The van der Waals surface area contributed by atoms with E-state index in [1.54, 1.807) is 7.11 Å². The lowest BCUT2D eigenvalue weighted by Crippen LogP contribution is -2.02. The van der Waals surface area contributed by atoms with Crippen molar-refractivity contribution in [2.75, 3.05) is 13.7 Å². The van der Waals surface area contributed by atoms with E-state index in [1.807, 2.05) is 0 Å². The van der Waals surface area contributed by atoms with Gasteiger partial charge >= 0.3 is 0 Å². The topological polar surface area (TPSA) is 9.23 Å². The van der Waals surface area contributed by atoms with E-state index in [0.717, 1.165) is 12.5 Å². The molecule has 0 fully saturated rings. The molecule has 0 amide bonds. The highest BCUT2D eigenvalue weighted by Crippen LogP contribution is 2.17. The van der Waals surface area contributed by atoms with Crippen molar-refractivity contribution in [2.24, 2.45) is 5.92 Å². The summed E-state index contributed by atoms with van der Waals surface area (Å²) in [5, 5.41) is 0. The van der Waals surface area contributed by atoms with Gasteiger partial charge in [0, 0.05) is 13.0 Å². The molecule has 1 unspecified atom stereocenters. The molecule has 15 heavy (non-hydrogen) atoms. The molecule has 0 aromatic heterocycles. The monoisotopic (exact) mass is 206 g/mol. The minimum atomic E-state index is 0.489. The lowest BCUT2D eigenvalue weighted by molar-refractivity contribution is 0.184. The van der Waals surface area contributed by atoms with Crippen molar-refractivity contribution in [2.45, 2.75) is 33.1 Å². The first-order valence-corrected chi connectivity index (χ1v) is 5.71. The van der Waals surface area contributed by atoms with Crippen LogP contribution in [0.2, 0.25) is 0 Å². The maximum Gasteiger partial charge on any atom is 0.0528 e. The zero-order chi connectivity index (χ0) is 11.3. The summed E-state index contributed by atoms with van der Waals surface area (Å²) in [5.41, 5.74) is 2.79. The molecule has 84 valence electrons. The highest BCUT2D eigenvalue weighted by atomic mass is 16.5. The number of methoxy groups -OCH3 is 1. The highest BCUT2D eigenvalue weighted by molar-refractivity contribution is 5.25. The van der Waals surface area contributed by atoms with Crippen LogP contribution in [-0.2, 0) is 11.2 Å². The van der Waals surface area contributed by atoms with E-state index in [4.69, 9.17) is 4.74 Å². The Bertz CT molecular complexity index is 274. The third-order valence-corrected chi connectivity index (χ3v) is 2.61. The Morgan fingerprint density at radius 1 is 1.07 bits per heavy atom. The second-order valence-corrected chi connectivity index (χ2v) is 4.70. The molecule has 0 aliphatic carbocycles. The summed E-state index contributed by atoms with van der Waals surface area (Å²) in [4.78, 5) is 0. The van der Waals surface area contributed by atoms with Gasteiger partial charge in [0.1, 0.15) is 0 Å². The zero-order valence-corrected chi connectivity index (χ0v) is 10.3. The predicted molar refractivity (Wildman–Crippen MR) is 65.3 cm³/mol. The normalized spacial score (nSPS) is 13.1. The third kappa shape index (κ3) is 4.05. The Balaban J connectivity index is 2.63. The van der Waals surface area contributed by atoms with Crippen LogP contribution in [0.4, 0.5) is 0 Å². The second kappa shape index (κ2) is 5.92. The molecule has 0 N–H and O–H groups in total. The van der Waals surface area contributed by atoms with Crippen molar-refractivity contribution in [3.63, 3.8) is 0 Å². The summed E-state index contributed by atoms with van der Waals surface area (Å²) in [6, 6.07) is 8.92. The minimum absolute atomic E-state index is 0.489. The SMILES string of the molecule is COCC(C)c1ccc(CC(C)C)cc1. The van der Waals surface area contributed by atoms with Crippen molar-refractivity contribution in [1.82, 2.24) is 0 Å². The standard InChI is InChI=1S/C14H22O/c1-11(2)9-13-5-7-14(8-6-13)12(3)10-15-4/h5-8,11-12H,9-10H2,1-4H3. The van der Waals surface area contributed by atoms with Gasteiger partial charge in [-0.3, -0.25) is 0 Å². The molecule has 0 aliphatic heterocycles. The smallest absolute Gasteiger partial charge is 0.0528 e. The first kappa shape index (κ1) is 12.3. The fourth-order valence-electron chi connectivity index (χ4n) is 1.80. The Kier molecular flexibility index (Phi) is 4.83. The fraction of sp³-hybridized carbons (Fsp3) is 0.571. The van der Waals surface area contributed by atoms with Crippen LogP contribution < -0.4 is 0 Å². The Labute approximate surface area is 93.5 Å². The molecule has 0 saturated heterocycles. The molecule has 1 rings (SSSR count). The summed E-state index contributed by atoms with van der Waals surface area (Å²) in [6.45, 7) is 7.49. The summed E-state index contributed by atoms with van der Waals surface area (Å²) in [7, 11) is 1.75. The third-order valence-electron chi connectivity index (χ3n) is 2.61. The van der Waals surface area contributed by atoms with E-state index in [2.05, 4.69) is 45.0 Å². The van der Waals surface area contributed by atoms with Crippen LogP contribution in [0.25, 0.3) is 0 Å². The maximum atomic E-state index is 5.15. The van der Waals surface area contributed by atoms with Crippen LogP contribution in [0.15, 0.2) is 24.3 Å². The van der Waals surface area contributed by atoms with Crippen molar-refractivity contribution in [3.8, 4) is 0 Å². The Hall–Kier alpha value is -0.820. The van der Waals surface area contributed by atoms with Gasteiger partial charge in [-0.2, -0.15) is 0 Å². The van der Waals surface area contributed by atoms with Gasteiger partial charge in [0.05, 0.1) is 6.61 Å². The molecule has 1 aromatic carbocycles. The van der Waals surface area contributed by atoms with Gasteiger partial charge in [0.15, 0.2) is 0 Å². The van der Waals surface area contributed by atoms with Crippen LogP contribution in [-0.4, -0.2) is 13.7 Å². The highest BCUT2D eigenvalue weighted by Gasteiger charge is 2.05. The van der Waals surface area contributed by atoms with Gasteiger partial charge in [0.25, 0.3) is 0 Å². The molecule has 0 spiro atoms. The van der Waals surface area contributed by atoms with Crippen molar-refractivity contribution < 1.29 is 4.74 Å². The number of hydrogen-bond donors (Lipinski definition) is 0. The predicted octanol–water partition coefficient (Wildman–Crippen LogP) is 3.64. The van der Waals surface area contributed by atoms with Crippen molar-refractivity contribution in [1.29, 1.82) is 0 Å².